The van der Waals surface area contributed by atoms with Crippen molar-refractivity contribution in [3.05, 3.63) is 24.5 Å². The quantitative estimate of drug-likeness (QED) is 0.737. The van der Waals surface area contributed by atoms with Gasteiger partial charge in [0.15, 0.2) is 5.65 Å². The van der Waals surface area contributed by atoms with E-state index in [1.54, 1.807) is 10.7 Å². The molecule has 1 aliphatic rings. The zero-order valence-electron chi connectivity index (χ0n) is 8.17. The Balaban J connectivity index is 1.97. The highest BCUT2D eigenvalue weighted by molar-refractivity contribution is 9.09. The van der Waals surface area contributed by atoms with Crippen LogP contribution in [-0.4, -0.2) is 32.5 Å². The minimum atomic E-state index is 0.598. The van der Waals surface area contributed by atoms with Crippen LogP contribution in [0.4, 0.5) is 5.82 Å². The fourth-order valence-electron chi connectivity index (χ4n) is 1.90. The van der Waals surface area contributed by atoms with Gasteiger partial charge in [-0.2, -0.15) is 5.10 Å². The minimum Gasteiger partial charge on any atom is -0.355 e. The Hall–Kier alpha value is -1.10. The van der Waals surface area contributed by atoms with Crippen LogP contribution in [0.15, 0.2) is 24.5 Å². The second kappa shape index (κ2) is 3.48. The number of hydrogen-bond donors (Lipinski definition) is 0. The monoisotopic (exact) mass is 266 g/mol. The average Bonchev–Trinajstić information content (AvgIpc) is 2.84. The maximum atomic E-state index is 4.56. The highest BCUT2D eigenvalue weighted by Gasteiger charge is 2.21. The fourth-order valence-corrected chi connectivity index (χ4v) is 2.46. The Morgan fingerprint density at radius 1 is 1.40 bits per heavy atom. The first-order chi connectivity index (χ1) is 7.33. The topological polar surface area (TPSA) is 33.4 Å². The first kappa shape index (κ1) is 9.15. The van der Waals surface area contributed by atoms with Gasteiger partial charge in [0.1, 0.15) is 5.82 Å². The van der Waals surface area contributed by atoms with Gasteiger partial charge in [-0.15, -0.1) is 0 Å². The molecule has 0 amide bonds. The van der Waals surface area contributed by atoms with E-state index in [0.29, 0.717) is 4.83 Å². The second-order valence-corrected chi connectivity index (χ2v) is 5.05. The van der Waals surface area contributed by atoms with Crippen LogP contribution in [0.5, 0.6) is 0 Å². The summed E-state index contributed by atoms with van der Waals surface area (Å²) >= 11 is 3.63. The molecule has 3 heterocycles. The summed E-state index contributed by atoms with van der Waals surface area (Å²) in [6, 6.07) is 3.94. The molecular formula is C10H11BrN4. The van der Waals surface area contributed by atoms with Crippen LogP contribution >= 0.6 is 15.9 Å². The molecular weight excluding hydrogens is 256 g/mol. The maximum Gasteiger partial charge on any atom is 0.157 e. The molecule has 1 saturated heterocycles. The summed E-state index contributed by atoms with van der Waals surface area (Å²) in [5.74, 6) is 1.05. The van der Waals surface area contributed by atoms with Crippen LogP contribution < -0.4 is 4.90 Å². The summed E-state index contributed by atoms with van der Waals surface area (Å²) < 4.78 is 1.78. The molecule has 1 aliphatic heterocycles. The van der Waals surface area contributed by atoms with Crippen molar-refractivity contribution in [1.29, 1.82) is 0 Å². The lowest BCUT2D eigenvalue weighted by atomic mass is 10.4. The molecule has 1 atom stereocenters. The summed E-state index contributed by atoms with van der Waals surface area (Å²) in [6.07, 6.45) is 4.91. The number of rotatable bonds is 1. The molecule has 1 fully saturated rings. The van der Waals surface area contributed by atoms with Crippen LogP contribution in [0.25, 0.3) is 5.65 Å². The van der Waals surface area contributed by atoms with E-state index in [0.717, 1.165) is 24.6 Å². The first-order valence-electron chi connectivity index (χ1n) is 5.02. The molecule has 0 bridgehead atoms. The lowest BCUT2D eigenvalue weighted by Gasteiger charge is -2.16. The van der Waals surface area contributed by atoms with E-state index in [1.165, 1.54) is 6.42 Å². The molecule has 15 heavy (non-hydrogen) atoms. The van der Waals surface area contributed by atoms with Crippen LogP contribution in [-0.2, 0) is 0 Å². The Kier molecular flexibility index (Phi) is 2.12. The third-order valence-corrected chi connectivity index (χ3v) is 3.45. The van der Waals surface area contributed by atoms with E-state index >= 15 is 0 Å². The normalized spacial score (nSPS) is 21.4. The maximum absolute atomic E-state index is 4.56. The van der Waals surface area contributed by atoms with Crippen molar-refractivity contribution in [2.24, 2.45) is 0 Å². The smallest absolute Gasteiger partial charge is 0.157 e. The molecule has 78 valence electrons. The molecule has 0 radical (unpaired) electrons. The van der Waals surface area contributed by atoms with Gasteiger partial charge in [0.25, 0.3) is 0 Å². The Bertz CT molecular complexity index is 481. The average molecular weight is 267 g/mol. The highest BCUT2D eigenvalue weighted by atomic mass is 79.9. The fraction of sp³-hybridized carbons (Fsp3) is 0.400. The number of fused-ring (bicyclic) bond motifs is 1. The van der Waals surface area contributed by atoms with Crippen LogP contribution in [0.3, 0.4) is 0 Å². The van der Waals surface area contributed by atoms with Gasteiger partial charge in [-0.3, -0.25) is 0 Å². The van der Waals surface area contributed by atoms with E-state index in [4.69, 9.17) is 0 Å². The molecule has 0 N–H and O–H groups in total. The molecule has 0 saturated carbocycles. The molecule has 3 rings (SSSR count). The van der Waals surface area contributed by atoms with Crippen molar-refractivity contribution in [1.82, 2.24) is 14.6 Å². The SMILES string of the molecule is BrC1CCN(c2ccn3nccc3n2)C1. The van der Waals surface area contributed by atoms with Gasteiger partial charge in [0, 0.05) is 30.2 Å². The predicted molar refractivity (Wildman–Crippen MR) is 62.5 cm³/mol. The Morgan fingerprint density at radius 3 is 3.13 bits per heavy atom. The minimum absolute atomic E-state index is 0.598. The van der Waals surface area contributed by atoms with Gasteiger partial charge >= 0.3 is 0 Å². The number of hydrogen-bond acceptors (Lipinski definition) is 3. The van der Waals surface area contributed by atoms with Gasteiger partial charge < -0.3 is 4.90 Å². The zero-order valence-corrected chi connectivity index (χ0v) is 9.76. The van der Waals surface area contributed by atoms with Crippen LogP contribution in [0.1, 0.15) is 6.42 Å². The number of nitrogens with zero attached hydrogens (tertiary/aromatic N) is 4. The van der Waals surface area contributed by atoms with Crippen LogP contribution in [0, 0.1) is 0 Å². The van der Waals surface area contributed by atoms with Crippen molar-refractivity contribution < 1.29 is 0 Å². The van der Waals surface area contributed by atoms with Crippen LogP contribution in [0.2, 0.25) is 0 Å². The van der Waals surface area contributed by atoms with Crippen molar-refractivity contribution >= 4 is 27.4 Å². The summed E-state index contributed by atoms with van der Waals surface area (Å²) in [5.41, 5.74) is 0.908. The van der Waals surface area contributed by atoms with E-state index < -0.39 is 0 Å². The Morgan fingerprint density at radius 2 is 2.33 bits per heavy atom. The highest BCUT2D eigenvalue weighted by Crippen LogP contribution is 2.22. The van der Waals surface area contributed by atoms with Gasteiger partial charge in [0.05, 0.1) is 6.20 Å². The molecule has 2 aromatic rings. The number of anilines is 1. The lowest BCUT2D eigenvalue weighted by molar-refractivity contribution is 0.899. The van der Waals surface area contributed by atoms with Gasteiger partial charge in [0.2, 0.25) is 0 Å². The molecule has 4 nitrogen and oxygen atoms in total. The summed E-state index contributed by atoms with van der Waals surface area (Å²) in [5, 5.41) is 4.13. The molecule has 0 aliphatic carbocycles. The van der Waals surface area contributed by atoms with Crippen molar-refractivity contribution in [3.8, 4) is 0 Å². The zero-order chi connectivity index (χ0) is 10.3. The largest absolute Gasteiger partial charge is 0.355 e. The van der Waals surface area contributed by atoms with E-state index in [9.17, 15) is 0 Å². The van der Waals surface area contributed by atoms with Gasteiger partial charge in [-0.25, -0.2) is 9.50 Å². The third kappa shape index (κ3) is 1.61. The Labute approximate surface area is 96.0 Å². The van der Waals surface area contributed by atoms with E-state index in [2.05, 4.69) is 30.9 Å². The lowest BCUT2D eigenvalue weighted by Crippen LogP contribution is -2.20. The molecule has 0 aromatic carbocycles. The van der Waals surface area contributed by atoms with Crippen molar-refractivity contribution in [2.45, 2.75) is 11.2 Å². The molecule has 0 spiro atoms. The van der Waals surface area contributed by atoms with E-state index in [-0.39, 0.29) is 0 Å². The first-order valence-corrected chi connectivity index (χ1v) is 5.94. The summed E-state index contributed by atoms with van der Waals surface area (Å²) in [6.45, 7) is 2.12. The number of alkyl halides is 1. The number of aromatic nitrogens is 3. The standard InChI is InChI=1S/C10H11BrN4/c11-8-2-5-14(7-8)9-3-6-15-10(13-9)1-4-12-15/h1,3-4,6,8H,2,5,7H2. The second-order valence-electron chi connectivity index (χ2n) is 3.75. The van der Waals surface area contributed by atoms with Crippen molar-refractivity contribution in [2.75, 3.05) is 18.0 Å². The van der Waals surface area contributed by atoms with Gasteiger partial charge in [-0.1, -0.05) is 15.9 Å². The van der Waals surface area contributed by atoms with E-state index in [1.807, 2.05) is 18.3 Å². The molecule has 5 heteroatoms. The summed E-state index contributed by atoms with van der Waals surface area (Å²) in [7, 11) is 0. The third-order valence-electron chi connectivity index (χ3n) is 2.70. The van der Waals surface area contributed by atoms with Gasteiger partial charge in [-0.05, 0) is 12.5 Å². The number of halogens is 1. The predicted octanol–water partition coefficient (Wildman–Crippen LogP) is 1.70. The molecule has 1 unspecified atom stereocenters. The molecule has 2 aromatic heterocycles. The van der Waals surface area contributed by atoms with Crippen molar-refractivity contribution in [3.63, 3.8) is 0 Å². The summed E-state index contributed by atoms with van der Waals surface area (Å²) in [4.78, 5) is 7.45.